The molecule has 3 rings (SSSR count). The fourth-order valence-electron chi connectivity index (χ4n) is 3.19. The highest BCUT2D eigenvalue weighted by Crippen LogP contribution is 2.22. The van der Waals surface area contributed by atoms with Crippen molar-refractivity contribution in [1.82, 2.24) is 25.5 Å². The van der Waals surface area contributed by atoms with Crippen molar-refractivity contribution in [3.63, 3.8) is 0 Å². The van der Waals surface area contributed by atoms with Crippen molar-refractivity contribution < 1.29 is 9.59 Å². The third-order valence-corrected chi connectivity index (χ3v) is 4.61. The van der Waals surface area contributed by atoms with Crippen LogP contribution in [-0.2, 0) is 11.3 Å². The number of aromatic amines is 1. The SMILES string of the molecule is CCN(Cc1nc2ccccc2c(=O)[nH]1)C(C(=O)NC(=O)NC)c1ccccc1. The molecule has 150 valence electrons. The third-order valence-electron chi connectivity index (χ3n) is 4.61. The Bertz CT molecular complexity index is 1060. The molecule has 0 saturated heterocycles. The van der Waals surface area contributed by atoms with E-state index in [-0.39, 0.29) is 12.1 Å². The van der Waals surface area contributed by atoms with Gasteiger partial charge in [-0.1, -0.05) is 49.4 Å². The predicted molar refractivity (Wildman–Crippen MR) is 110 cm³/mol. The average Bonchev–Trinajstić information content (AvgIpc) is 2.74. The number of hydrogen-bond donors (Lipinski definition) is 3. The summed E-state index contributed by atoms with van der Waals surface area (Å²) in [4.78, 5) is 46.1. The Balaban J connectivity index is 1.96. The molecule has 0 saturated carbocycles. The summed E-state index contributed by atoms with van der Waals surface area (Å²) < 4.78 is 0. The van der Waals surface area contributed by atoms with Crippen LogP contribution in [0.1, 0.15) is 24.4 Å². The number of hydrogen-bond acceptors (Lipinski definition) is 5. The van der Waals surface area contributed by atoms with Crippen molar-refractivity contribution in [2.24, 2.45) is 0 Å². The van der Waals surface area contributed by atoms with Gasteiger partial charge in [0.05, 0.1) is 17.4 Å². The Labute approximate surface area is 168 Å². The number of aromatic nitrogens is 2. The summed E-state index contributed by atoms with van der Waals surface area (Å²) in [7, 11) is 1.45. The van der Waals surface area contributed by atoms with Crippen molar-refractivity contribution in [3.05, 3.63) is 76.3 Å². The smallest absolute Gasteiger partial charge is 0.321 e. The second-order valence-corrected chi connectivity index (χ2v) is 6.47. The van der Waals surface area contributed by atoms with Gasteiger partial charge in [-0.05, 0) is 24.2 Å². The highest BCUT2D eigenvalue weighted by molar-refractivity contribution is 5.97. The van der Waals surface area contributed by atoms with E-state index in [0.29, 0.717) is 23.3 Å². The molecular formula is C21H23N5O3. The summed E-state index contributed by atoms with van der Waals surface area (Å²) in [6.45, 7) is 2.64. The van der Waals surface area contributed by atoms with Crippen molar-refractivity contribution in [2.45, 2.75) is 19.5 Å². The standard InChI is InChI=1S/C21H23N5O3/c1-3-26(13-17-23-16-12-8-7-11-15(16)19(27)24-17)18(14-9-5-4-6-10-14)20(28)25-21(29)22-2/h4-12,18H,3,13H2,1-2H3,(H,23,24,27)(H2,22,25,28,29). The first-order chi connectivity index (χ1) is 14.0. The Morgan fingerprint density at radius 3 is 2.48 bits per heavy atom. The lowest BCUT2D eigenvalue weighted by molar-refractivity contribution is -0.125. The van der Waals surface area contributed by atoms with Gasteiger partial charge in [-0.3, -0.25) is 19.8 Å². The number of H-pyrrole nitrogens is 1. The molecule has 0 aliphatic heterocycles. The monoisotopic (exact) mass is 393 g/mol. The van der Waals surface area contributed by atoms with Gasteiger partial charge in [-0.25, -0.2) is 9.78 Å². The Kier molecular flexibility index (Phi) is 6.36. The van der Waals surface area contributed by atoms with E-state index < -0.39 is 18.0 Å². The minimum absolute atomic E-state index is 0.229. The van der Waals surface area contributed by atoms with Crippen molar-refractivity contribution in [2.75, 3.05) is 13.6 Å². The molecule has 29 heavy (non-hydrogen) atoms. The zero-order valence-corrected chi connectivity index (χ0v) is 16.3. The summed E-state index contributed by atoms with van der Waals surface area (Å²) >= 11 is 0. The number of carbonyl (C=O) groups is 2. The molecule has 0 fully saturated rings. The highest BCUT2D eigenvalue weighted by atomic mass is 16.2. The Morgan fingerprint density at radius 2 is 1.79 bits per heavy atom. The van der Waals surface area contributed by atoms with Crippen LogP contribution in [0.15, 0.2) is 59.4 Å². The van der Waals surface area contributed by atoms with Gasteiger partial charge in [-0.2, -0.15) is 0 Å². The summed E-state index contributed by atoms with van der Waals surface area (Å²) in [5.41, 5.74) is 1.10. The number of fused-ring (bicyclic) bond motifs is 1. The van der Waals surface area contributed by atoms with Crippen LogP contribution in [0.25, 0.3) is 10.9 Å². The maximum Gasteiger partial charge on any atom is 0.321 e. The van der Waals surface area contributed by atoms with Crippen LogP contribution in [0.4, 0.5) is 4.79 Å². The lowest BCUT2D eigenvalue weighted by atomic mass is 10.0. The van der Waals surface area contributed by atoms with E-state index in [1.54, 1.807) is 18.2 Å². The second kappa shape index (κ2) is 9.11. The number of urea groups is 1. The normalized spacial score (nSPS) is 12.0. The molecule has 0 bridgehead atoms. The number of nitrogens with zero attached hydrogens (tertiary/aromatic N) is 2. The van der Waals surface area contributed by atoms with Gasteiger partial charge in [0.2, 0.25) is 5.91 Å². The van der Waals surface area contributed by atoms with Gasteiger partial charge in [0.1, 0.15) is 11.9 Å². The molecule has 3 aromatic rings. The Morgan fingerprint density at radius 1 is 1.10 bits per heavy atom. The van der Waals surface area contributed by atoms with E-state index in [4.69, 9.17) is 0 Å². The first-order valence-corrected chi connectivity index (χ1v) is 9.33. The van der Waals surface area contributed by atoms with Crippen molar-refractivity contribution in [1.29, 1.82) is 0 Å². The minimum Gasteiger partial charge on any atom is -0.341 e. The molecule has 8 heteroatoms. The number of likely N-dealkylation sites (N-methyl/N-ethyl adjacent to an activating group) is 1. The topological polar surface area (TPSA) is 107 Å². The number of carbonyl (C=O) groups excluding carboxylic acids is 2. The molecule has 1 unspecified atom stereocenters. The minimum atomic E-state index is -0.727. The van der Waals surface area contributed by atoms with Gasteiger partial charge in [0, 0.05) is 7.05 Å². The van der Waals surface area contributed by atoms with Crippen LogP contribution in [0, 0.1) is 0 Å². The van der Waals surface area contributed by atoms with Crippen LogP contribution in [-0.4, -0.2) is 40.4 Å². The predicted octanol–water partition coefficient (Wildman–Crippen LogP) is 1.94. The van der Waals surface area contributed by atoms with Crippen LogP contribution < -0.4 is 16.2 Å². The Hall–Kier alpha value is -3.52. The largest absolute Gasteiger partial charge is 0.341 e. The van der Waals surface area contributed by atoms with E-state index in [9.17, 15) is 14.4 Å². The molecule has 0 radical (unpaired) electrons. The highest BCUT2D eigenvalue weighted by Gasteiger charge is 2.28. The molecule has 8 nitrogen and oxygen atoms in total. The molecule has 0 aliphatic rings. The lowest BCUT2D eigenvalue weighted by Gasteiger charge is -2.29. The molecule has 0 spiro atoms. The maximum atomic E-state index is 12.9. The first kappa shape index (κ1) is 20.2. The van der Waals surface area contributed by atoms with E-state index in [2.05, 4.69) is 20.6 Å². The number of benzene rings is 2. The summed E-state index contributed by atoms with van der Waals surface area (Å²) in [6.07, 6.45) is 0. The molecule has 1 heterocycles. The van der Waals surface area contributed by atoms with Crippen LogP contribution in [0.3, 0.4) is 0 Å². The van der Waals surface area contributed by atoms with Crippen LogP contribution in [0.5, 0.6) is 0 Å². The molecule has 2 aromatic carbocycles. The fourth-order valence-corrected chi connectivity index (χ4v) is 3.19. The number of amides is 3. The zero-order chi connectivity index (χ0) is 20.8. The van der Waals surface area contributed by atoms with Gasteiger partial charge in [0.25, 0.3) is 5.56 Å². The van der Waals surface area contributed by atoms with Crippen molar-refractivity contribution >= 4 is 22.8 Å². The van der Waals surface area contributed by atoms with Crippen molar-refractivity contribution in [3.8, 4) is 0 Å². The number of nitrogens with one attached hydrogen (secondary N) is 3. The third kappa shape index (κ3) is 4.67. The first-order valence-electron chi connectivity index (χ1n) is 9.33. The molecule has 3 amide bonds. The second-order valence-electron chi connectivity index (χ2n) is 6.47. The van der Waals surface area contributed by atoms with Gasteiger partial charge >= 0.3 is 6.03 Å². The summed E-state index contributed by atoms with van der Waals surface area (Å²) in [6, 6.07) is 15.0. The lowest BCUT2D eigenvalue weighted by Crippen LogP contribution is -2.45. The number of rotatable bonds is 6. The summed E-state index contributed by atoms with van der Waals surface area (Å²) in [5.74, 6) is -0.00948. The molecule has 1 atom stereocenters. The van der Waals surface area contributed by atoms with Gasteiger partial charge < -0.3 is 10.3 Å². The van der Waals surface area contributed by atoms with E-state index in [1.807, 2.05) is 48.2 Å². The van der Waals surface area contributed by atoms with Gasteiger partial charge in [-0.15, -0.1) is 0 Å². The quantitative estimate of drug-likeness (QED) is 0.593. The summed E-state index contributed by atoms with van der Waals surface area (Å²) in [5, 5.41) is 5.24. The van der Waals surface area contributed by atoms with E-state index in [0.717, 1.165) is 5.56 Å². The van der Waals surface area contributed by atoms with E-state index in [1.165, 1.54) is 7.05 Å². The molecular weight excluding hydrogens is 370 g/mol. The van der Waals surface area contributed by atoms with Crippen LogP contribution >= 0.6 is 0 Å². The number of imide groups is 1. The molecule has 0 aliphatic carbocycles. The molecule has 3 N–H and O–H groups in total. The molecule has 1 aromatic heterocycles. The maximum absolute atomic E-state index is 12.9. The number of para-hydroxylation sites is 1. The fraction of sp³-hybridized carbons (Fsp3) is 0.238. The van der Waals surface area contributed by atoms with Gasteiger partial charge in [0.15, 0.2) is 0 Å². The van der Waals surface area contributed by atoms with E-state index >= 15 is 0 Å². The zero-order valence-electron chi connectivity index (χ0n) is 16.3. The van der Waals surface area contributed by atoms with Crippen LogP contribution in [0.2, 0.25) is 0 Å². The average molecular weight is 393 g/mol.